The first-order valence-electron chi connectivity index (χ1n) is 11.2. The highest BCUT2D eigenvalue weighted by Gasteiger charge is 2.34. The molecule has 0 aliphatic heterocycles. The first-order chi connectivity index (χ1) is 15.5. The zero-order valence-electron chi connectivity index (χ0n) is 18.3. The van der Waals surface area contributed by atoms with E-state index in [4.69, 9.17) is 16.2 Å². The summed E-state index contributed by atoms with van der Waals surface area (Å²) >= 11 is 0. The molecule has 0 aromatic heterocycles. The zero-order valence-corrected chi connectivity index (χ0v) is 18.3. The second-order valence-corrected chi connectivity index (χ2v) is 8.17. The van der Waals surface area contributed by atoms with Crippen molar-refractivity contribution >= 4 is 22.9 Å². The van der Waals surface area contributed by atoms with Gasteiger partial charge in [0, 0.05) is 22.4 Å². The van der Waals surface area contributed by atoms with E-state index in [1.54, 1.807) is 30.3 Å². The number of carbonyl (C=O) groups excluding carboxylic acids is 2. The molecule has 0 atom stereocenters. The monoisotopic (exact) mass is 428 g/mol. The Labute approximate surface area is 188 Å². The summed E-state index contributed by atoms with van der Waals surface area (Å²) in [6.45, 7) is 2.89. The molecule has 0 unspecified atom stereocenters. The lowest BCUT2D eigenvalue weighted by Crippen LogP contribution is -2.24. The molecule has 4 rings (SSSR count). The molecule has 32 heavy (non-hydrogen) atoms. The fourth-order valence-electron chi connectivity index (χ4n) is 4.21. The number of benzene rings is 3. The molecule has 3 aromatic rings. The summed E-state index contributed by atoms with van der Waals surface area (Å²) in [5.74, 6) is 0.242. The van der Waals surface area contributed by atoms with Gasteiger partial charge in [-0.05, 0) is 30.2 Å². The Kier molecular flexibility index (Phi) is 6.26. The van der Waals surface area contributed by atoms with Gasteiger partial charge in [-0.25, -0.2) is 0 Å². The molecule has 1 aliphatic carbocycles. The molecule has 0 bridgehead atoms. The predicted octanol–water partition coefficient (Wildman–Crippen LogP) is 5.64. The van der Waals surface area contributed by atoms with Crippen molar-refractivity contribution in [2.24, 2.45) is 0 Å². The summed E-state index contributed by atoms with van der Waals surface area (Å²) < 4.78 is 5.84. The summed E-state index contributed by atoms with van der Waals surface area (Å²) in [6.07, 6.45) is 5.94. The van der Waals surface area contributed by atoms with E-state index in [-0.39, 0.29) is 34.1 Å². The first-order valence-corrected chi connectivity index (χ1v) is 11.2. The summed E-state index contributed by atoms with van der Waals surface area (Å²) in [6, 6.07) is 16.0. The van der Waals surface area contributed by atoms with Gasteiger partial charge in [0.05, 0.1) is 23.4 Å². The first kappa shape index (κ1) is 21.6. The molecule has 0 spiro atoms. The van der Waals surface area contributed by atoms with Crippen molar-refractivity contribution < 1.29 is 14.3 Å². The number of ether oxygens (including phenoxy) is 1. The second-order valence-electron chi connectivity index (χ2n) is 8.17. The van der Waals surface area contributed by atoms with Crippen molar-refractivity contribution in [3.05, 3.63) is 76.9 Å². The van der Waals surface area contributed by atoms with Crippen LogP contribution in [-0.4, -0.2) is 18.2 Å². The molecule has 0 fully saturated rings. The highest BCUT2D eigenvalue weighted by atomic mass is 16.5. The number of anilines is 2. The number of rotatable bonds is 8. The average Bonchev–Trinajstić information content (AvgIpc) is 2.81. The van der Waals surface area contributed by atoms with Crippen molar-refractivity contribution in [1.82, 2.24) is 0 Å². The van der Waals surface area contributed by atoms with Crippen LogP contribution in [0, 0.1) is 0 Å². The normalized spacial score (nSPS) is 12.4. The molecule has 5 nitrogen and oxygen atoms in total. The fourth-order valence-corrected chi connectivity index (χ4v) is 4.21. The number of ketones is 2. The lowest BCUT2D eigenvalue weighted by Gasteiger charge is -2.22. The third kappa shape index (κ3) is 3.98. The molecular formula is C27H28N2O3. The minimum absolute atomic E-state index is 0.191. The largest absolute Gasteiger partial charge is 0.494 e. The highest BCUT2D eigenvalue weighted by Crippen LogP contribution is 2.40. The molecule has 5 heteroatoms. The SMILES string of the molecule is CCCCCCCOc1ccc(-c2cc(N)c3c(c2N)C(=O)c2ccccc2C3=O)cc1. The molecule has 0 heterocycles. The molecule has 0 saturated heterocycles. The minimum atomic E-state index is -0.274. The number of unbranched alkanes of at least 4 members (excludes halogenated alkanes) is 4. The maximum absolute atomic E-state index is 13.2. The number of nitrogen functional groups attached to an aromatic ring is 2. The Morgan fingerprint density at radius 3 is 2.03 bits per heavy atom. The number of fused-ring (bicyclic) bond motifs is 2. The van der Waals surface area contributed by atoms with Crippen LogP contribution < -0.4 is 16.2 Å². The fraction of sp³-hybridized carbons (Fsp3) is 0.259. The van der Waals surface area contributed by atoms with Gasteiger partial charge in [-0.3, -0.25) is 9.59 Å². The molecule has 3 aromatic carbocycles. The van der Waals surface area contributed by atoms with Crippen LogP contribution in [0.4, 0.5) is 11.4 Å². The van der Waals surface area contributed by atoms with Crippen LogP contribution >= 0.6 is 0 Å². The van der Waals surface area contributed by atoms with E-state index in [1.807, 2.05) is 24.3 Å². The Bertz CT molecular complexity index is 1170. The van der Waals surface area contributed by atoms with Crippen molar-refractivity contribution in [1.29, 1.82) is 0 Å². The summed E-state index contributed by atoms with van der Waals surface area (Å²) in [4.78, 5) is 26.2. The minimum Gasteiger partial charge on any atom is -0.494 e. The Hall–Kier alpha value is -3.60. The number of nitrogens with two attached hydrogens (primary N) is 2. The quantitative estimate of drug-likeness (QED) is 0.280. The average molecular weight is 429 g/mol. The predicted molar refractivity (Wildman–Crippen MR) is 128 cm³/mol. The highest BCUT2D eigenvalue weighted by molar-refractivity contribution is 6.32. The van der Waals surface area contributed by atoms with E-state index in [9.17, 15) is 9.59 Å². The third-order valence-electron chi connectivity index (χ3n) is 5.95. The van der Waals surface area contributed by atoms with E-state index in [1.165, 1.54) is 25.7 Å². The maximum Gasteiger partial charge on any atom is 0.196 e. The van der Waals surface area contributed by atoms with Gasteiger partial charge < -0.3 is 16.2 Å². The molecular weight excluding hydrogens is 400 g/mol. The van der Waals surface area contributed by atoms with Gasteiger partial charge in [0.25, 0.3) is 0 Å². The zero-order chi connectivity index (χ0) is 22.7. The molecule has 0 amide bonds. The van der Waals surface area contributed by atoms with Gasteiger partial charge in [0.2, 0.25) is 0 Å². The van der Waals surface area contributed by atoms with E-state index in [0.717, 1.165) is 17.7 Å². The summed E-state index contributed by atoms with van der Waals surface area (Å²) in [5.41, 5.74) is 15.8. The van der Waals surface area contributed by atoms with Crippen LogP contribution in [0.25, 0.3) is 11.1 Å². The van der Waals surface area contributed by atoms with E-state index < -0.39 is 0 Å². The van der Waals surface area contributed by atoms with Crippen LogP contribution in [0.2, 0.25) is 0 Å². The van der Waals surface area contributed by atoms with Gasteiger partial charge in [-0.15, -0.1) is 0 Å². The molecule has 0 saturated carbocycles. The van der Waals surface area contributed by atoms with Gasteiger partial charge in [0.15, 0.2) is 11.6 Å². The topological polar surface area (TPSA) is 95.4 Å². The Morgan fingerprint density at radius 2 is 1.38 bits per heavy atom. The van der Waals surface area contributed by atoms with Crippen molar-refractivity contribution in [2.45, 2.75) is 39.0 Å². The van der Waals surface area contributed by atoms with Crippen LogP contribution in [0.5, 0.6) is 5.75 Å². The van der Waals surface area contributed by atoms with Gasteiger partial charge in [-0.2, -0.15) is 0 Å². The number of hydrogen-bond acceptors (Lipinski definition) is 5. The Balaban J connectivity index is 1.59. The lowest BCUT2D eigenvalue weighted by atomic mass is 9.80. The van der Waals surface area contributed by atoms with Crippen LogP contribution in [0.3, 0.4) is 0 Å². The van der Waals surface area contributed by atoms with Crippen molar-refractivity contribution in [2.75, 3.05) is 18.1 Å². The summed E-state index contributed by atoms with van der Waals surface area (Å²) in [7, 11) is 0. The van der Waals surface area contributed by atoms with Gasteiger partial charge in [0.1, 0.15) is 5.75 Å². The van der Waals surface area contributed by atoms with E-state index in [0.29, 0.717) is 23.3 Å². The van der Waals surface area contributed by atoms with Crippen LogP contribution in [0.1, 0.15) is 70.9 Å². The maximum atomic E-state index is 13.2. The smallest absolute Gasteiger partial charge is 0.196 e. The van der Waals surface area contributed by atoms with Crippen molar-refractivity contribution in [3.8, 4) is 16.9 Å². The van der Waals surface area contributed by atoms with Crippen molar-refractivity contribution in [3.63, 3.8) is 0 Å². The Morgan fingerprint density at radius 1 is 0.750 bits per heavy atom. The van der Waals surface area contributed by atoms with E-state index >= 15 is 0 Å². The van der Waals surface area contributed by atoms with E-state index in [2.05, 4.69) is 6.92 Å². The lowest BCUT2D eigenvalue weighted by molar-refractivity contribution is 0.0980. The molecule has 4 N–H and O–H groups in total. The molecule has 1 aliphatic rings. The van der Waals surface area contributed by atoms with Gasteiger partial charge >= 0.3 is 0 Å². The summed E-state index contributed by atoms with van der Waals surface area (Å²) in [5, 5.41) is 0. The second kappa shape index (κ2) is 9.27. The third-order valence-corrected chi connectivity index (χ3v) is 5.95. The van der Waals surface area contributed by atoms with Crippen LogP contribution in [-0.2, 0) is 0 Å². The number of hydrogen-bond donors (Lipinski definition) is 2. The van der Waals surface area contributed by atoms with Gasteiger partial charge in [-0.1, -0.05) is 69.0 Å². The molecule has 164 valence electrons. The molecule has 0 radical (unpaired) electrons. The standard InChI is InChI=1S/C27H28N2O3/c1-2-3-4-5-8-15-32-18-13-11-17(12-14-18)21-16-22(28)23-24(25(21)29)27(31)20-10-7-6-9-19(20)26(23)30/h6-7,9-14,16H,2-5,8,15,28-29H2,1H3. The van der Waals surface area contributed by atoms with Crippen LogP contribution in [0.15, 0.2) is 54.6 Å². The number of carbonyl (C=O) groups is 2.